The van der Waals surface area contributed by atoms with Gasteiger partial charge in [0.05, 0.1) is 18.1 Å². The van der Waals surface area contributed by atoms with Crippen LogP contribution in [-0.4, -0.2) is 27.1 Å². The van der Waals surface area contributed by atoms with E-state index in [1.54, 1.807) is 12.4 Å². The smallest absolute Gasteiger partial charge is 0.227 e. The number of rotatable bonds is 2. The summed E-state index contributed by atoms with van der Waals surface area (Å²) in [6, 6.07) is 2.20. The number of anilines is 1. The molecular weight excluding hydrogens is 254 g/mol. The molecule has 4 unspecified atom stereocenters. The molecule has 2 heterocycles. The van der Waals surface area contributed by atoms with Gasteiger partial charge in [0.25, 0.3) is 0 Å². The Kier molecular flexibility index (Phi) is 2.53. The zero-order valence-corrected chi connectivity index (χ0v) is 11.0. The van der Waals surface area contributed by atoms with Crippen LogP contribution in [0.25, 0.3) is 11.0 Å². The Morgan fingerprint density at radius 1 is 1.35 bits per heavy atom. The number of H-pyrrole nitrogens is 1. The first kappa shape index (κ1) is 11.8. The molecule has 2 aromatic heterocycles. The second kappa shape index (κ2) is 4.28. The van der Waals surface area contributed by atoms with Gasteiger partial charge in [-0.15, -0.1) is 0 Å². The first-order valence-corrected chi connectivity index (χ1v) is 7.06. The fourth-order valence-electron chi connectivity index (χ4n) is 3.64. The zero-order chi connectivity index (χ0) is 13.7. The Morgan fingerprint density at radius 3 is 3.05 bits per heavy atom. The van der Waals surface area contributed by atoms with Crippen LogP contribution in [0.3, 0.4) is 0 Å². The number of hydrogen-bond acceptors (Lipinski definition) is 4. The van der Waals surface area contributed by atoms with Gasteiger partial charge in [-0.3, -0.25) is 9.89 Å². The van der Waals surface area contributed by atoms with E-state index in [1.165, 1.54) is 0 Å². The molecule has 2 aliphatic carbocycles. The monoisotopic (exact) mass is 271 g/mol. The summed E-state index contributed by atoms with van der Waals surface area (Å²) < 4.78 is 0. The van der Waals surface area contributed by atoms with Crippen LogP contribution in [-0.2, 0) is 4.79 Å². The van der Waals surface area contributed by atoms with Gasteiger partial charge in [-0.25, -0.2) is 4.98 Å². The number of carbonyl (C=O) groups is 1. The SMILES string of the molecule is NC1CC2CC(C(=O)Nc3cnc4[nH]ncc4c3)CC12. The molecule has 0 aliphatic heterocycles. The first-order chi connectivity index (χ1) is 9.70. The molecule has 0 radical (unpaired) electrons. The highest BCUT2D eigenvalue weighted by molar-refractivity contribution is 5.94. The molecule has 0 saturated heterocycles. The lowest BCUT2D eigenvalue weighted by molar-refractivity contribution is -0.119. The largest absolute Gasteiger partial charge is 0.327 e. The molecule has 4 atom stereocenters. The molecule has 4 N–H and O–H groups in total. The molecule has 6 nitrogen and oxygen atoms in total. The molecule has 2 aliphatic rings. The summed E-state index contributed by atoms with van der Waals surface area (Å²) in [5.74, 6) is 1.41. The minimum absolute atomic E-state index is 0.0937. The number of nitrogens with zero attached hydrogens (tertiary/aromatic N) is 2. The van der Waals surface area contributed by atoms with E-state index in [2.05, 4.69) is 20.5 Å². The van der Waals surface area contributed by atoms with Crippen molar-refractivity contribution < 1.29 is 4.79 Å². The van der Waals surface area contributed by atoms with Gasteiger partial charge in [0.1, 0.15) is 0 Å². The molecule has 4 rings (SSSR count). The molecule has 1 amide bonds. The van der Waals surface area contributed by atoms with E-state index in [4.69, 9.17) is 5.73 Å². The normalized spacial score (nSPS) is 31.9. The van der Waals surface area contributed by atoms with E-state index in [9.17, 15) is 4.79 Å². The second-order valence-electron chi connectivity index (χ2n) is 6.01. The van der Waals surface area contributed by atoms with Gasteiger partial charge in [-0.2, -0.15) is 5.10 Å². The summed E-state index contributed by atoms with van der Waals surface area (Å²) >= 11 is 0. The van der Waals surface area contributed by atoms with Crippen LogP contribution >= 0.6 is 0 Å². The van der Waals surface area contributed by atoms with E-state index in [1.807, 2.05) is 6.07 Å². The maximum Gasteiger partial charge on any atom is 0.227 e. The predicted octanol–water partition coefficient (Wildman–Crippen LogP) is 1.27. The molecule has 6 heteroatoms. The highest BCUT2D eigenvalue weighted by Gasteiger charge is 2.47. The maximum absolute atomic E-state index is 12.3. The summed E-state index contributed by atoms with van der Waals surface area (Å²) in [7, 11) is 0. The van der Waals surface area contributed by atoms with Gasteiger partial charge in [-0.05, 0) is 37.2 Å². The second-order valence-corrected chi connectivity index (χ2v) is 6.01. The van der Waals surface area contributed by atoms with Crippen LogP contribution < -0.4 is 11.1 Å². The number of hydrogen-bond donors (Lipinski definition) is 3. The van der Waals surface area contributed by atoms with Gasteiger partial charge in [0.15, 0.2) is 5.65 Å². The summed E-state index contributed by atoms with van der Waals surface area (Å²) in [6.07, 6.45) is 6.35. The highest BCUT2D eigenvalue weighted by Crippen LogP contribution is 2.49. The fraction of sp³-hybridized carbons (Fsp3) is 0.500. The minimum atomic E-state index is 0.0937. The molecule has 104 valence electrons. The van der Waals surface area contributed by atoms with E-state index >= 15 is 0 Å². The lowest BCUT2D eigenvalue weighted by atomic mass is 9.72. The van der Waals surface area contributed by atoms with Gasteiger partial charge < -0.3 is 11.1 Å². The van der Waals surface area contributed by atoms with Crippen molar-refractivity contribution in [3.8, 4) is 0 Å². The molecule has 2 saturated carbocycles. The van der Waals surface area contributed by atoms with Crippen LogP contribution in [0.4, 0.5) is 5.69 Å². The Balaban J connectivity index is 1.47. The topological polar surface area (TPSA) is 96.7 Å². The molecule has 0 spiro atoms. The van der Waals surface area contributed by atoms with Gasteiger partial charge in [0, 0.05) is 17.3 Å². The average Bonchev–Trinajstić information content (AvgIpc) is 3.01. The molecule has 2 fully saturated rings. The number of fused-ring (bicyclic) bond motifs is 2. The molecule has 0 aromatic carbocycles. The number of nitrogens with two attached hydrogens (primary N) is 1. The van der Waals surface area contributed by atoms with E-state index in [-0.39, 0.29) is 11.8 Å². The van der Waals surface area contributed by atoms with Crippen molar-refractivity contribution in [2.24, 2.45) is 23.5 Å². The number of aromatic nitrogens is 3. The van der Waals surface area contributed by atoms with Crippen LogP contribution in [0.15, 0.2) is 18.5 Å². The average molecular weight is 271 g/mol. The molecule has 0 bridgehead atoms. The number of pyridine rings is 1. The first-order valence-electron chi connectivity index (χ1n) is 7.06. The van der Waals surface area contributed by atoms with Gasteiger partial charge in [-0.1, -0.05) is 0 Å². The van der Waals surface area contributed by atoms with Gasteiger partial charge in [0.2, 0.25) is 5.91 Å². The zero-order valence-electron chi connectivity index (χ0n) is 11.0. The van der Waals surface area contributed by atoms with Crippen molar-refractivity contribution in [1.29, 1.82) is 0 Å². The van der Waals surface area contributed by atoms with Crippen LogP contribution in [0.1, 0.15) is 19.3 Å². The van der Waals surface area contributed by atoms with E-state index in [0.29, 0.717) is 17.9 Å². The van der Waals surface area contributed by atoms with E-state index in [0.717, 1.165) is 36.0 Å². The number of aromatic amines is 1. The Hall–Kier alpha value is -1.95. The quantitative estimate of drug-likeness (QED) is 0.766. The van der Waals surface area contributed by atoms with Crippen molar-refractivity contribution in [2.45, 2.75) is 25.3 Å². The summed E-state index contributed by atoms with van der Waals surface area (Å²) in [4.78, 5) is 16.5. The Labute approximate surface area is 116 Å². The number of carbonyl (C=O) groups excluding carboxylic acids is 1. The van der Waals surface area contributed by atoms with Crippen molar-refractivity contribution in [2.75, 3.05) is 5.32 Å². The van der Waals surface area contributed by atoms with Crippen LogP contribution in [0, 0.1) is 17.8 Å². The maximum atomic E-state index is 12.3. The summed E-state index contributed by atoms with van der Waals surface area (Å²) in [6.45, 7) is 0. The highest BCUT2D eigenvalue weighted by atomic mass is 16.1. The predicted molar refractivity (Wildman–Crippen MR) is 74.8 cm³/mol. The Morgan fingerprint density at radius 2 is 2.25 bits per heavy atom. The minimum Gasteiger partial charge on any atom is -0.327 e. The lowest BCUT2D eigenvalue weighted by Crippen LogP contribution is -2.44. The van der Waals surface area contributed by atoms with Crippen LogP contribution in [0.2, 0.25) is 0 Å². The standard InChI is InChI=1S/C14H17N5O/c15-12-4-7-1-8(3-11(7)12)14(20)18-10-2-9-5-17-19-13(9)16-6-10/h2,5-8,11-12H,1,3-4,15H2,(H,18,20)(H,16,17,19). The summed E-state index contributed by atoms with van der Waals surface area (Å²) in [5, 5.41) is 10.6. The third-order valence-corrected chi connectivity index (χ3v) is 4.80. The molecule has 20 heavy (non-hydrogen) atoms. The number of amides is 1. The lowest BCUT2D eigenvalue weighted by Gasteiger charge is -2.37. The van der Waals surface area contributed by atoms with Crippen molar-refractivity contribution in [1.82, 2.24) is 15.2 Å². The van der Waals surface area contributed by atoms with Crippen molar-refractivity contribution in [3.63, 3.8) is 0 Å². The Bertz CT molecular complexity index is 666. The van der Waals surface area contributed by atoms with E-state index < -0.39 is 0 Å². The third kappa shape index (κ3) is 1.79. The molecular formula is C14H17N5O. The van der Waals surface area contributed by atoms with Gasteiger partial charge >= 0.3 is 0 Å². The fourth-order valence-corrected chi connectivity index (χ4v) is 3.64. The third-order valence-electron chi connectivity index (χ3n) is 4.80. The van der Waals surface area contributed by atoms with Crippen molar-refractivity contribution >= 4 is 22.6 Å². The van der Waals surface area contributed by atoms with Crippen molar-refractivity contribution in [3.05, 3.63) is 18.5 Å². The van der Waals surface area contributed by atoms with Crippen LogP contribution in [0.5, 0.6) is 0 Å². The summed E-state index contributed by atoms with van der Waals surface area (Å²) in [5.41, 5.74) is 7.44. The number of nitrogens with one attached hydrogen (secondary N) is 2. The molecule has 2 aromatic rings.